The Morgan fingerprint density at radius 2 is 1.86 bits per heavy atom. The topological polar surface area (TPSA) is 46.9 Å². The molecule has 1 amide bonds. The summed E-state index contributed by atoms with van der Waals surface area (Å²) >= 11 is 1.55. The molecule has 0 aliphatic carbocycles. The summed E-state index contributed by atoms with van der Waals surface area (Å²) < 4.78 is 6.48. The highest BCUT2D eigenvalue weighted by atomic mass is 32.1. The van der Waals surface area contributed by atoms with Crippen LogP contribution in [0.4, 0.5) is 5.13 Å². The van der Waals surface area contributed by atoms with Gasteiger partial charge in [-0.1, -0.05) is 47.7 Å². The number of methoxy groups -OCH3 is 1. The van der Waals surface area contributed by atoms with E-state index in [1.807, 2.05) is 53.4 Å². The quantitative estimate of drug-likeness (QED) is 0.603. The second kappa shape index (κ2) is 9.66. The maximum atomic E-state index is 13.2. The smallest absolute Gasteiger partial charge is 0.233 e. The van der Waals surface area contributed by atoms with Crippen LogP contribution >= 0.6 is 11.3 Å². The number of rotatable bonds is 9. The van der Waals surface area contributed by atoms with Crippen LogP contribution in [-0.2, 0) is 11.2 Å². The van der Waals surface area contributed by atoms with Gasteiger partial charge in [0.1, 0.15) is 11.3 Å². The zero-order chi connectivity index (χ0) is 19.9. The van der Waals surface area contributed by atoms with Crippen LogP contribution in [0.1, 0.15) is 19.4 Å². The van der Waals surface area contributed by atoms with Gasteiger partial charge in [-0.25, -0.2) is 4.98 Å². The summed E-state index contributed by atoms with van der Waals surface area (Å²) in [5.74, 6) is 0.820. The summed E-state index contributed by atoms with van der Waals surface area (Å²) in [6.07, 6.45) is 0.376. The van der Waals surface area contributed by atoms with Crippen LogP contribution in [0.2, 0.25) is 0 Å². The van der Waals surface area contributed by atoms with Crippen LogP contribution in [0.3, 0.4) is 0 Å². The average molecular weight is 399 g/mol. The SMILES string of the molecule is CC[NH+](CC)CCN(C(=O)Cc1ccccc1)c1nc2c(OC)cccc2s1. The van der Waals surface area contributed by atoms with Gasteiger partial charge in [0.2, 0.25) is 5.91 Å². The van der Waals surface area contributed by atoms with Crippen molar-refractivity contribution >= 4 is 32.6 Å². The molecular formula is C22H28N3O2S+. The number of likely N-dealkylation sites (N-methyl/N-ethyl adjacent to an activating group) is 1. The van der Waals surface area contributed by atoms with E-state index in [2.05, 4.69) is 13.8 Å². The van der Waals surface area contributed by atoms with Gasteiger partial charge in [0.05, 0.1) is 44.4 Å². The van der Waals surface area contributed by atoms with Crippen LogP contribution in [0.15, 0.2) is 48.5 Å². The van der Waals surface area contributed by atoms with Crippen molar-refractivity contribution in [1.29, 1.82) is 0 Å². The lowest BCUT2D eigenvalue weighted by Crippen LogP contribution is -3.12. The third-order valence-electron chi connectivity index (χ3n) is 5.01. The van der Waals surface area contributed by atoms with Gasteiger partial charge < -0.3 is 9.64 Å². The molecule has 2 aromatic carbocycles. The molecule has 0 saturated carbocycles. The van der Waals surface area contributed by atoms with E-state index in [9.17, 15) is 4.79 Å². The summed E-state index contributed by atoms with van der Waals surface area (Å²) in [5.41, 5.74) is 1.84. The molecule has 0 spiro atoms. The zero-order valence-electron chi connectivity index (χ0n) is 16.8. The summed E-state index contributed by atoms with van der Waals surface area (Å²) in [6.45, 7) is 8.01. The number of carbonyl (C=O) groups excluding carboxylic acids is 1. The third kappa shape index (κ3) is 4.69. The van der Waals surface area contributed by atoms with E-state index in [1.165, 1.54) is 4.90 Å². The maximum Gasteiger partial charge on any atom is 0.233 e. The number of amides is 1. The van der Waals surface area contributed by atoms with Crippen molar-refractivity contribution in [1.82, 2.24) is 4.98 Å². The fourth-order valence-electron chi connectivity index (χ4n) is 3.26. The van der Waals surface area contributed by atoms with Gasteiger partial charge in [-0.15, -0.1) is 0 Å². The maximum absolute atomic E-state index is 13.2. The van der Waals surface area contributed by atoms with Gasteiger partial charge in [-0.05, 0) is 31.5 Å². The Balaban J connectivity index is 1.90. The first-order valence-corrected chi connectivity index (χ1v) is 10.6. The van der Waals surface area contributed by atoms with Crippen LogP contribution in [0.5, 0.6) is 5.75 Å². The van der Waals surface area contributed by atoms with Gasteiger partial charge in [0.25, 0.3) is 0 Å². The summed E-state index contributed by atoms with van der Waals surface area (Å²) in [7, 11) is 1.65. The van der Waals surface area contributed by atoms with Gasteiger partial charge in [0, 0.05) is 0 Å². The number of nitrogens with one attached hydrogen (secondary N) is 1. The second-order valence-electron chi connectivity index (χ2n) is 6.72. The second-order valence-corrected chi connectivity index (χ2v) is 7.73. The summed E-state index contributed by atoms with van der Waals surface area (Å²) in [4.78, 5) is 21.3. The fourth-order valence-corrected chi connectivity index (χ4v) is 4.28. The first-order valence-electron chi connectivity index (χ1n) is 9.77. The van der Waals surface area contributed by atoms with Gasteiger partial charge in [-0.2, -0.15) is 0 Å². The standard InChI is InChI=1S/C22H27N3O2S/c1-4-24(5-2)14-15-25(20(26)16-17-10-7-6-8-11-17)22-23-21-18(27-3)12-9-13-19(21)28-22/h6-13H,4-5,14-16H2,1-3H3/p+1. The van der Waals surface area contributed by atoms with E-state index >= 15 is 0 Å². The molecule has 1 heterocycles. The summed E-state index contributed by atoms with van der Waals surface area (Å²) in [5, 5.41) is 0.743. The van der Waals surface area contributed by atoms with E-state index < -0.39 is 0 Å². The average Bonchev–Trinajstić information content (AvgIpc) is 3.15. The fraction of sp³-hybridized carbons (Fsp3) is 0.364. The Kier molecular flexibility index (Phi) is 7.01. The highest BCUT2D eigenvalue weighted by Crippen LogP contribution is 2.34. The lowest BCUT2D eigenvalue weighted by molar-refractivity contribution is -0.894. The highest BCUT2D eigenvalue weighted by Gasteiger charge is 2.22. The number of thiazole rings is 1. The number of quaternary nitrogens is 1. The zero-order valence-corrected chi connectivity index (χ0v) is 17.6. The highest BCUT2D eigenvalue weighted by molar-refractivity contribution is 7.22. The Bertz CT molecular complexity index is 907. The number of hydrogen-bond donors (Lipinski definition) is 1. The predicted molar refractivity (Wildman–Crippen MR) is 116 cm³/mol. The minimum Gasteiger partial charge on any atom is -0.494 e. The number of fused-ring (bicyclic) bond motifs is 1. The van der Waals surface area contributed by atoms with Crippen molar-refractivity contribution in [2.24, 2.45) is 0 Å². The number of hydrogen-bond acceptors (Lipinski definition) is 4. The summed E-state index contributed by atoms with van der Waals surface area (Å²) in [6, 6.07) is 15.8. The molecule has 0 radical (unpaired) electrons. The third-order valence-corrected chi connectivity index (χ3v) is 6.05. The molecule has 1 aromatic heterocycles. The number of benzene rings is 2. The Labute approximate surface area is 170 Å². The first-order chi connectivity index (χ1) is 13.7. The van der Waals surface area contributed by atoms with Crippen LogP contribution in [0.25, 0.3) is 10.2 Å². The minimum atomic E-state index is 0.0794. The number of ether oxygens (including phenoxy) is 1. The van der Waals surface area contributed by atoms with Crippen LogP contribution in [-0.4, -0.2) is 44.2 Å². The molecule has 5 nitrogen and oxygen atoms in total. The van der Waals surface area contributed by atoms with E-state index in [4.69, 9.17) is 9.72 Å². The van der Waals surface area contributed by atoms with E-state index in [1.54, 1.807) is 18.4 Å². The Morgan fingerprint density at radius 1 is 1.11 bits per heavy atom. The van der Waals surface area contributed by atoms with Crippen LogP contribution < -0.4 is 14.5 Å². The molecule has 0 aliphatic rings. The molecule has 0 aliphatic heterocycles. The van der Waals surface area contributed by atoms with Gasteiger partial charge in [-0.3, -0.25) is 9.69 Å². The number of carbonyl (C=O) groups is 1. The van der Waals surface area contributed by atoms with E-state index in [-0.39, 0.29) is 5.91 Å². The molecule has 0 saturated heterocycles. The number of anilines is 1. The predicted octanol–water partition coefficient (Wildman–Crippen LogP) is 2.81. The van der Waals surface area contributed by atoms with Crippen molar-refractivity contribution in [2.75, 3.05) is 38.2 Å². The number of para-hydroxylation sites is 1. The van der Waals surface area contributed by atoms with Crippen molar-refractivity contribution < 1.29 is 14.4 Å². The molecule has 148 valence electrons. The molecule has 6 heteroatoms. The number of nitrogens with zero attached hydrogens (tertiary/aromatic N) is 2. The van der Waals surface area contributed by atoms with Gasteiger partial charge >= 0.3 is 0 Å². The molecule has 0 atom stereocenters. The monoisotopic (exact) mass is 398 g/mol. The molecule has 1 N–H and O–H groups in total. The lowest BCUT2D eigenvalue weighted by Gasteiger charge is -2.23. The van der Waals surface area contributed by atoms with E-state index in [0.29, 0.717) is 13.0 Å². The molecule has 0 fully saturated rings. The molecule has 3 aromatic rings. The van der Waals surface area contributed by atoms with Crippen molar-refractivity contribution in [2.45, 2.75) is 20.3 Å². The minimum absolute atomic E-state index is 0.0794. The number of aromatic nitrogens is 1. The largest absolute Gasteiger partial charge is 0.494 e. The molecule has 0 unspecified atom stereocenters. The Hall–Kier alpha value is -2.44. The van der Waals surface area contributed by atoms with Crippen LogP contribution in [0, 0.1) is 0 Å². The Morgan fingerprint density at radius 3 is 2.54 bits per heavy atom. The lowest BCUT2D eigenvalue weighted by atomic mass is 10.1. The molecular weight excluding hydrogens is 370 g/mol. The molecule has 28 heavy (non-hydrogen) atoms. The normalized spacial score (nSPS) is 11.1. The van der Waals surface area contributed by atoms with Crippen molar-refractivity contribution in [3.63, 3.8) is 0 Å². The molecule has 3 rings (SSSR count). The van der Waals surface area contributed by atoms with Gasteiger partial charge in [0.15, 0.2) is 5.13 Å². The van der Waals surface area contributed by atoms with Crippen molar-refractivity contribution in [3.05, 3.63) is 54.1 Å². The first kappa shape index (κ1) is 20.3. The van der Waals surface area contributed by atoms with Crippen molar-refractivity contribution in [3.8, 4) is 5.75 Å². The van der Waals surface area contributed by atoms with E-state index in [0.717, 1.165) is 46.3 Å². The molecule has 0 bridgehead atoms.